The summed E-state index contributed by atoms with van der Waals surface area (Å²) in [6.45, 7) is 5.58. The van der Waals surface area contributed by atoms with Crippen molar-refractivity contribution >= 4 is 22.8 Å². The fourth-order valence-corrected chi connectivity index (χ4v) is 3.63. The highest BCUT2D eigenvalue weighted by Gasteiger charge is 2.61. The average molecular weight is 424 g/mol. The van der Waals surface area contributed by atoms with E-state index in [1.54, 1.807) is 12.1 Å². The molecular formula is C20H19F3N2O3S. The molecule has 0 saturated heterocycles. The molecule has 1 aromatic heterocycles. The molecule has 0 radical (unpaired) electrons. The second-order valence-electron chi connectivity index (χ2n) is 7.36. The molecule has 2 aromatic rings. The molecule has 0 bridgehead atoms. The van der Waals surface area contributed by atoms with Gasteiger partial charge in [-0.2, -0.15) is 13.2 Å². The number of pyridine rings is 1. The molecule has 1 atom stereocenters. The van der Waals surface area contributed by atoms with E-state index in [9.17, 15) is 18.0 Å². The minimum Gasteiger partial charge on any atom is -0.488 e. The Morgan fingerprint density at radius 3 is 2.38 bits per heavy atom. The summed E-state index contributed by atoms with van der Waals surface area (Å²) >= 11 is 0.868. The summed E-state index contributed by atoms with van der Waals surface area (Å²) in [5, 5.41) is 0.122. The van der Waals surface area contributed by atoms with E-state index in [-0.39, 0.29) is 10.6 Å². The third-order valence-corrected chi connectivity index (χ3v) is 4.95. The SMILES string of the molecule is CC(C)(C)Oc1ccc(C(=O)OC2(C(F)(F)F)CSC(c3cccnc3)=N2)cc1. The Hall–Kier alpha value is -2.55. The molecule has 29 heavy (non-hydrogen) atoms. The van der Waals surface area contributed by atoms with Gasteiger partial charge in [0, 0.05) is 18.0 Å². The zero-order valence-electron chi connectivity index (χ0n) is 16.0. The van der Waals surface area contributed by atoms with Gasteiger partial charge in [-0.3, -0.25) is 4.98 Å². The molecule has 0 saturated carbocycles. The van der Waals surface area contributed by atoms with Crippen LogP contribution in [0.15, 0.2) is 53.8 Å². The van der Waals surface area contributed by atoms with Gasteiger partial charge < -0.3 is 9.47 Å². The maximum atomic E-state index is 13.8. The van der Waals surface area contributed by atoms with Crippen molar-refractivity contribution in [3.8, 4) is 5.75 Å². The summed E-state index contributed by atoms with van der Waals surface area (Å²) in [6.07, 6.45) is -1.95. The quantitative estimate of drug-likeness (QED) is 0.656. The lowest BCUT2D eigenvalue weighted by Crippen LogP contribution is -2.48. The summed E-state index contributed by atoms with van der Waals surface area (Å²) in [5.74, 6) is -1.17. The topological polar surface area (TPSA) is 60.8 Å². The molecule has 1 unspecified atom stereocenters. The van der Waals surface area contributed by atoms with E-state index in [2.05, 4.69) is 9.98 Å². The molecule has 0 N–H and O–H groups in total. The molecule has 0 amide bonds. The molecule has 0 spiro atoms. The number of nitrogens with zero attached hydrogens (tertiary/aromatic N) is 2. The number of esters is 1. The number of halogens is 3. The van der Waals surface area contributed by atoms with E-state index in [1.807, 2.05) is 20.8 Å². The minimum atomic E-state index is -4.87. The van der Waals surface area contributed by atoms with Gasteiger partial charge in [0.1, 0.15) is 16.4 Å². The molecular weight excluding hydrogens is 405 g/mol. The monoisotopic (exact) mass is 424 g/mol. The molecule has 9 heteroatoms. The summed E-state index contributed by atoms with van der Waals surface area (Å²) < 4.78 is 51.9. The van der Waals surface area contributed by atoms with E-state index < -0.39 is 29.2 Å². The van der Waals surface area contributed by atoms with Crippen molar-refractivity contribution in [2.75, 3.05) is 5.75 Å². The lowest BCUT2D eigenvalue weighted by Gasteiger charge is -2.27. The zero-order chi connectivity index (χ0) is 21.3. The molecule has 1 aromatic carbocycles. The molecule has 5 nitrogen and oxygen atoms in total. The number of aliphatic imine (C=N–C) groups is 1. The van der Waals surface area contributed by atoms with Crippen molar-refractivity contribution < 1.29 is 27.4 Å². The first-order chi connectivity index (χ1) is 13.5. The number of carbonyl (C=O) groups is 1. The second-order valence-corrected chi connectivity index (χ2v) is 8.32. The van der Waals surface area contributed by atoms with Crippen molar-refractivity contribution in [3.63, 3.8) is 0 Å². The first-order valence-electron chi connectivity index (χ1n) is 8.71. The maximum absolute atomic E-state index is 13.8. The van der Waals surface area contributed by atoms with Gasteiger partial charge in [-0.05, 0) is 57.2 Å². The first-order valence-corrected chi connectivity index (χ1v) is 9.70. The Morgan fingerprint density at radius 1 is 1.14 bits per heavy atom. The van der Waals surface area contributed by atoms with Gasteiger partial charge in [0.25, 0.3) is 0 Å². The third-order valence-electron chi connectivity index (χ3n) is 3.81. The van der Waals surface area contributed by atoms with E-state index in [0.29, 0.717) is 11.3 Å². The highest BCUT2D eigenvalue weighted by atomic mass is 32.2. The molecule has 0 aliphatic carbocycles. The number of hydrogen-bond acceptors (Lipinski definition) is 6. The molecule has 3 rings (SSSR count). The number of ether oxygens (including phenoxy) is 2. The first kappa shape index (κ1) is 21.2. The highest BCUT2D eigenvalue weighted by Crippen LogP contribution is 2.44. The van der Waals surface area contributed by atoms with Crippen LogP contribution in [0.5, 0.6) is 5.75 Å². The van der Waals surface area contributed by atoms with Gasteiger partial charge >= 0.3 is 17.9 Å². The fourth-order valence-electron chi connectivity index (χ4n) is 2.51. The van der Waals surface area contributed by atoms with Crippen LogP contribution in [0, 0.1) is 0 Å². The van der Waals surface area contributed by atoms with Gasteiger partial charge in [-0.15, -0.1) is 0 Å². The van der Waals surface area contributed by atoms with Crippen LogP contribution in [0.25, 0.3) is 0 Å². The third kappa shape index (κ3) is 4.90. The van der Waals surface area contributed by atoms with Crippen LogP contribution in [-0.2, 0) is 4.74 Å². The average Bonchev–Trinajstić information content (AvgIpc) is 3.07. The molecule has 0 fully saturated rings. The van der Waals surface area contributed by atoms with Crippen LogP contribution in [0.4, 0.5) is 13.2 Å². The number of hydrogen-bond donors (Lipinski definition) is 0. The predicted molar refractivity (Wildman–Crippen MR) is 104 cm³/mol. The fraction of sp³-hybridized carbons (Fsp3) is 0.350. The lowest BCUT2D eigenvalue weighted by molar-refractivity contribution is -0.245. The Bertz CT molecular complexity index is 909. The van der Waals surface area contributed by atoms with Crippen LogP contribution in [0.2, 0.25) is 0 Å². The van der Waals surface area contributed by atoms with Gasteiger partial charge in [0.05, 0.1) is 11.3 Å². The smallest absolute Gasteiger partial charge is 0.451 e. The van der Waals surface area contributed by atoms with E-state index in [1.165, 1.54) is 36.7 Å². The van der Waals surface area contributed by atoms with Gasteiger partial charge in [-0.25, -0.2) is 9.79 Å². The second kappa shape index (κ2) is 7.70. The molecule has 1 aliphatic rings. The summed E-state index contributed by atoms with van der Waals surface area (Å²) in [4.78, 5) is 20.1. The van der Waals surface area contributed by atoms with Crippen LogP contribution < -0.4 is 4.74 Å². The van der Waals surface area contributed by atoms with Crippen molar-refractivity contribution in [2.24, 2.45) is 4.99 Å². The highest BCUT2D eigenvalue weighted by molar-refractivity contribution is 8.14. The van der Waals surface area contributed by atoms with Crippen molar-refractivity contribution in [3.05, 3.63) is 59.9 Å². The lowest BCUT2D eigenvalue weighted by atomic mass is 10.1. The number of aromatic nitrogens is 1. The standard InChI is InChI=1S/C20H19F3N2O3S/c1-18(2,3)27-15-8-6-13(7-9-15)17(26)28-19(20(21,22)23)12-29-16(25-19)14-5-4-10-24-11-14/h4-11H,12H2,1-3H3. The Kier molecular flexibility index (Phi) is 5.62. The Balaban J connectivity index is 1.83. The Morgan fingerprint density at radius 2 is 1.83 bits per heavy atom. The largest absolute Gasteiger partial charge is 0.488 e. The number of benzene rings is 1. The maximum Gasteiger partial charge on any atom is 0.451 e. The van der Waals surface area contributed by atoms with Crippen LogP contribution in [-0.4, -0.2) is 39.3 Å². The number of carbonyl (C=O) groups excluding carboxylic acids is 1. The van der Waals surface area contributed by atoms with Crippen molar-refractivity contribution in [2.45, 2.75) is 38.3 Å². The molecule has 1 aliphatic heterocycles. The van der Waals surface area contributed by atoms with E-state index >= 15 is 0 Å². The van der Waals surface area contributed by atoms with E-state index in [4.69, 9.17) is 9.47 Å². The van der Waals surface area contributed by atoms with Gasteiger partial charge in [-0.1, -0.05) is 11.8 Å². The Labute approximate surface area is 170 Å². The van der Waals surface area contributed by atoms with Crippen molar-refractivity contribution in [1.82, 2.24) is 4.98 Å². The van der Waals surface area contributed by atoms with Crippen LogP contribution >= 0.6 is 11.8 Å². The van der Waals surface area contributed by atoms with E-state index in [0.717, 1.165) is 11.8 Å². The van der Waals surface area contributed by atoms with Crippen LogP contribution in [0.1, 0.15) is 36.7 Å². The number of rotatable bonds is 4. The number of thioether (sulfide) groups is 1. The van der Waals surface area contributed by atoms with Gasteiger partial charge in [0.15, 0.2) is 0 Å². The molecule has 154 valence electrons. The van der Waals surface area contributed by atoms with Gasteiger partial charge in [0.2, 0.25) is 0 Å². The number of alkyl halides is 3. The summed E-state index contributed by atoms with van der Waals surface area (Å²) in [6, 6.07) is 8.94. The summed E-state index contributed by atoms with van der Waals surface area (Å²) in [5.41, 5.74) is -2.98. The van der Waals surface area contributed by atoms with Crippen LogP contribution in [0.3, 0.4) is 0 Å². The predicted octanol–water partition coefficient (Wildman–Crippen LogP) is 4.87. The summed E-state index contributed by atoms with van der Waals surface area (Å²) in [7, 11) is 0. The van der Waals surface area contributed by atoms with Crippen molar-refractivity contribution in [1.29, 1.82) is 0 Å². The molecule has 2 heterocycles. The minimum absolute atomic E-state index is 0.0232. The normalized spacial score (nSPS) is 19.6. The zero-order valence-corrected chi connectivity index (χ0v) is 16.8.